The highest BCUT2D eigenvalue weighted by atomic mass is 35.5. The van der Waals surface area contributed by atoms with E-state index in [1.807, 2.05) is 12.1 Å². The van der Waals surface area contributed by atoms with Gasteiger partial charge in [0.2, 0.25) is 0 Å². The summed E-state index contributed by atoms with van der Waals surface area (Å²) in [6.07, 6.45) is 6.50. The smallest absolute Gasteiger partial charge is 0.263 e. The Morgan fingerprint density at radius 2 is 1.27 bits per heavy atom. The molecule has 2 fully saturated rings. The van der Waals surface area contributed by atoms with Gasteiger partial charge in [0.1, 0.15) is 11.6 Å². The molecule has 14 nitrogen and oxygen atoms in total. The van der Waals surface area contributed by atoms with Crippen LogP contribution in [0.15, 0.2) is 99.7 Å². The molecular formula is C36H40ClFN8O6S4. The van der Waals surface area contributed by atoms with Crippen LogP contribution in [0.4, 0.5) is 26.0 Å². The SMILES string of the molecule is NC1CCN(c2ccc(S(=O)(=O)Nc3nccs3)cc2)CC1.O=C(COc1ccc(F)c(Cl)c1)NC1CCN(c2ccc(S(=O)(=O)Nc3nccs3)cc2)CC1. The Balaban J connectivity index is 0.000000208. The van der Waals surface area contributed by atoms with Crippen molar-refractivity contribution in [3.8, 4) is 5.75 Å². The zero-order valence-corrected chi connectivity index (χ0v) is 33.9. The lowest BCUT2D eigenvalue weighted by molar-refractivity contribution is -0.123. The third kappa shape index (κ3) is 11.3. The molecule has 2 aromatic heterocycles. The number of nitrogens with one attached hydrogen (secondary N) is 3. The summed E-state index contributed by atoms with van der Waals surface area (Å²) in [5, 5.41) is 6.99. The Kier molecular flexibility index (Phi) is 13.7. The molecule has 2 saturated heterocycles. The first-order chi connectivity index (χ1) is 26.8. The lowest BCUT2D eigenvalue weighted by Crippen LogP contribution is -2.46. The Morgan fingerprint density at radius 1 is 0.786 bits per heavy atom. The van der Waals surface area contributed by atoms with Crippen molar-refractivity contribution in [2.45, 2.75) is 47.6 Å². The van der Waals surface area contributed by atoms with Crippen LogP contribution in [-0.4, -0.2) is 77.6 Å². The van der Waals surface area contributed by atoms with Crippen LogP contribution in [-0.2, 0) is 24.8 Å². The standard InChI is InChI=1S/C22H22ClFN4O4S2.C14H18N4O2S2/c23-19-13-17(3-6-20(19)24)32-14-21(29)26-15-7-10-28(11-8-15)16-1-4-18(5-2-16)34(30,31)27-22-25-9-12-33-22;15-11-5-8-18(9-6-11)12-1-3-13(4-2-12)22(19,20)17-14-16-7-10-21-14/h1-6,9,12-13,15H,7-8,10-11,14H2,(H,25,27)(H,26,29);1-4,7,10-11H,5-6,8-9,15H2,(H,16,17). The first-order valence-electron chi connectivity index (χ1n) is 17.5. The molecule has 0 radical (unpaired) electrons. The van der Waals surface area contributed by atoms with Gasteiger partial charge in [0.25, 0.3) is 26.0 Å². The maximum absolute atomic E-state index is 13.2. The molecule has 4 heterocycles. The second-order valence-electron chi connectivity index (χ2n) is 12.9. The minimum Gasteiger partial charge on any atom is -0.484 e. The number of thiazole rings is 2. The summed E-state index contributed by atoms with van der Waals surface area (Å²) in [7, 11) is -7.27. The van der Waals surface area contributed by atoms with E-state index in [2.05, 4.69) is 34.5 Å². The van der Waals surface area contributed by atoms with Crippen molar-refractivity contribution in [3.05, 3.63) is 101 Å². The predicted octanol–water partition coefficient (Wildman–Crippen LogP) is 5.77. The molecule has 5 aromatic rings. The van der Waals surface area contributed by atoms with Crippen LogP contribution >= 0.6 is 34.3 Å². The van der Waals surface area contributed by atoms with Gasteiger partial charge in [-0.15, -0.1) is 22.7 Å². The monoisotopic (exact) mass is 862 g/mol. The number of nitrogens with zero attached hydrogens (tertiary/aromatic N) is 4. The molecular weight excluding hydrogens is 823 g/mol. The highest BCUT2D eigenvalue weighted by molar-refractivity contribution is 7.93. The highest BCUT2D eigenvalue weighted by Crippen LogP contribution is 2.26. The van der Waals surface area contributed by atoms with E-state index in [9.17, 15) is 26.0 Å². The van der Waals surface area contributed by atoms with Gasteiger partial charge in [-0.2, -0.15) is 0 Å². The predicted molar refractivity (Wildman–Crippen MR) is 218 cm³/mol. The quantitative estimate of drug-likeness (QED) is 0.119. The van der Waals surface area contributed by atoms with Gasteiger partial charge >= 0.3 is 0 Å². The average Bonchev–Trinajstić information content (AvgIpc) is 3.91. The van der Waals surface area contributed by atoms with Gasteiger partial charge in [0, 0.05) is 78.9 Å². The summed E-state index contributed by atoms with van der Waals surface area (Å²) >= 11 is 8.17. The van der Waals surface area contributed by atoms with Crippen LogP contribution in [0.25, 0.3) is 0 Å². The fraction of sp³-hybridized carbons (Fsp3) is 0.306. The maximum Gasteiger partial charge on any atom is 0.263 e. The van der Waals surface area contributed by atoms with Crippen molar-refractivity contribution < 1.29 is 30.8 Å². The summed E-state index contributed by atoms with van der Waals surface area (Å²) in [5.74, 6) is -0.487. The van der Waals surface area contributed by atoms with Crippen molar-refractivity contribution in [1.29, 1.82) is 0 Å². The second kappa shape index (κ2) is 18.6. The summed E-state index contributed by atoms with van der Waals surface area (Å²) in [4.78, 5) is 24.9. The highest BCUT2D eigenvalue weighted by Gasteiger charge is 2.23. The first kappa shape index (κ1) is 41.1. The van der Waals surface area contributed by atoms with E-state index in [1.54, 1.807) is 53.4 Å². The summed E-state index contributed by atoms with van der Waals surface area (Å²) < 4.78 is 73.0. The molecule has 0 unspecified atom stereocenters. The molecule has 0 spiro atoms. The molecule has 5 N–H and O–H groups in total. The van der Waals surface area contributed by atoms with E-state index < -0.39 is 25.9 Å². The molecule has 0 atom stereocenters. The Hall–Kier alpha value is -4.53. The molecule has 0 aliphatic carbocycles. The zero-order valence-electron chi connectivity index (χ0n) is 29.9. The number of aromatic nitrogens is 2. The van der Waals surface area contributed by atoms with Crippen molar-refractivity contribution >= 4 is 81.9 Å². The second-order valence-corrected chi connectivity index (χ2v) is 18.5. The Morgan fingerprint density at radius 3 is 1.71 bits per heavy atom. The molecule has 2 aliphatic heterocycles. The van der Waals surface area contributed by atoms with Gasteiger partial charge in [-0.1, -0.05) is 11.6 Å². The molecule has 1 amide bonds. The summed E-state index contributed by atoms with van der Waals surface area (Å²) in [6, 6.07) is 17.8. The fourth-order valence-electron chi connectivity index (χ4n) is 5.99. The van der Waals surface area contributed by atoms with Gasteiger partial charge in [-0.05, 0) is 86.3 Å². The number of carbonyl (C=O) groups is 1. The molecule has 0 saturated carbocycles. The van der Waals surface area contributed by atoms with Gasteiger partial charge < -0.3 is 25.6 Å². The third-order valence-electron chi connectivity index (χ3n) is 8.99. The van der Waals surface area contributed by atoms with E-state index in [1.165, 1.54) is 47.1 Å². The normalized spacial score (nSPS) is 15.4. The van der Waals surface area contributed by atoms with Crippen molar-refractivity contribution in [1.82, 2.24) is 15.3 Å². The number of anilines is 4. The number of benzene rings is 3. The number of carbonyl (C=O) groups excluding carboxylic acids is 1. The van der Waals surface area contributed by atoms with Crippen LogP contribution in [0.3, 0.4) is 0 Å². The van der Waals surface area contributed by atoms with Crippen LogP contribution < -0.4 is 35.0 Å². The van der Waals surface area contributed by atoms with Crippen molar-refractivity contribution in [2.75, 3.05) is 52.0 Å². The van der Waals surface area contributed by atoms with Crippen LogP contribution in [0, 0.1) is 5.82 Å². The third-order valence-corrected chi connectivity index (χ3v) is 13.6. The zero-order chi connectivity index (χ0) is 39.7. The molecule has 0 bridgehead atoms. The molecule has 20 heteroatoms. The Bertz CT molecular complexity index is 2250. The minimum atomic E-state index is -3.69. The Labute approximate surface area is 338 Å². The average molecular weight is 863 g/mol. The molecule has 7 rings (SSSR count). The van der Waals surface area contributed by atoms with Crippen LogP contribution in [0.1, 0.15) is 25.7 Å². The number of halogens is 2. The number of piperidine rings is 2. The van der Waals surface area contributed by atoms with Gasteiger partial charge in [-0.25, -0.2) is 31.2 Å². The van der Waals surface area contributed by atoms with Gasteiger partial charge in [0.05, 0.1) is 14.8 Å². The number of ether oxygens (including phenoxy) is 1. The van der Waals surface area contributed by atoms with Gasteiger partial charge in [-0.3, -0.25) is 14.2 Å². The van der Waals surface area contributed by atoms with Gasteiger partial charge in [0.15, 0.2) is 16.9 Å². The molecule has 2 aliphatic rings. The summed E-state index contributed by atoms with van der Waals surface area (Å²) in [6.45, 7) is 3.05. The number of sulfonamides is 2. The topological polar surface area (TPSA) is 189 Å². The molecule has 298 valence electrons. The number of rotatable bonds is 12. The molecule has 3 aromatic carbocycles. The lowest BCUT2D eigenvalue weighted by Gasteiger charge is -2.34. The van der Waals surface area contributed by atoms with E-state index >= 15 is 0 Å². The van der Waals surface area contributed by atoms with E-state index in [0.29, 0.717) is 29.1 Å². The first-order valence-corrected chi connectivity index (χ1v) is 22.6. The van der Waals surface area contributed by atoms with Crippen molar-refractivity contribution in [2.24, 2.45) is 5.73 Å². The number of hydrogen-bond acceptors (Lipinski definition) is 13. The number of nitrogens with two attached hydrogens (primary N) is 1. The van der Waals surface area contributed by atoms with Crippen molar-refractivity contribution in [3.63, 3.8) is 0 Å². The van der Waals surface area contributed by atoms with E-state index in [0.717, 1.165) is 50.1 Å². The number of hydrogen-bond donors (Lipinski definition) is 4. The summed E-state index contributed by atoms with van der Waals surface area (Å²) in [5.41, 5.74) is 7.84. The van der Waals surface area contributed by atoms with E-state index in [-0.39, 0.29) is 39.4 Å². The minimum absolute atomic E-state index is 0.00584. The largest absolute Gasteiger partial charge is 0.484 e. The van der Waals surface area contributed by atoms with Crippen LogP contribution in [0.5, 0.6) is 5.75 Å². The maximum atomic E-state index is 13.2. The lowest BCUT2D eigenvalue weighted by atomic mass is 10.0. The van der Waals surface area contributed by atoms with Crippen LogP contribution in [0.2, 0.25) is 5.02 Å². The number of amides is 1. The fourth-order valence-corrected chi connectivity index (χ4v) is 9.74. The van der Waals surface area contributed by atoms with E-state index in [4.69, 9.17) is 22.1 Å². The molecule has 56 heavy (non-hydrogen) atoms.